The second kappa shape index (κ2) is 8.13. The van der Waals surface area contributed by atoms with Crippen LogP contribution in [0.25, 0.3) is 22.2 Å². The zero-order chi connectivity index (χ0) is 23.1. The van der Waals surface area contributed by atoms with E-state index in [-0.39, 0.29) is 18.4 Å². The number of benzene rings is 3. The Hall–Kier alpha value is -4.06. The SMILES string of the molecule is COc1cccc(-c2[nH]c3ccccc3c2[C@@H]2c3ccccc3C(=O)N2CC(=O)N(C)C)c1. The Labute approximate surface area is 192 Å². The molecule has 1 atom stereocenters. The van der Waals surface area contributed by atoms with Gasteiger partial charge in [0.2, 0.25) is 5.91 Å². The third kappa shape index (κ3) is 3.44. The minimum Gasteiger partial charge on any atom is -0.497 e. The maximum absolute atomic E-state index is 13.5. The van der Waals surface area contributed by atoms with Gasteiger partial charge in [-0.2, -0.15) is 0 Å². The number of hydrogen-bond donors (Lipinski definition) is 1. The van der Waals surface area contributed by atoms with Gasteiger partial charge in [-0.1, -0.05) is 48.5 Å². The Bertz CT molecular complexity index is 1370. The summed E-state index contributed by atoms with van der Waals surface area (Å²) in [6.07, 6.45) is 0. The van der Waals surface area contributed by atoms with Gasteiger partial charge in [-0.05, 0) is 29.8 Å². The highest BCUT2D eigenvalue weighted by molar-refractivity contribution is 6.03. The molecule has 0 unspecified atom stereocenters. The average molecular weight is 440 g/mol. The third-order valence-electron chi connectivity index (χ3n) is 6.24. The van der Waals surface area contributed by atoms with E-state index in [0.29, 0.717) is 5.56 Å². The summed E-state index contributed by atoms with van der Waals surface area (Å²) in [5, 5.41) is 1.02. The van der Waals surface area contributed by atoms with E-state index in [9.17, 15) is 9.59 Å². The highest BCUT2D eigenvalue weighted by Gasteiger charge is 2.41. The smallest absolute Gasteiger partial charge is 0.255 e. The summed E-state index contributed by atoms with van der Waals surface area (Å²) in [4.78, 5) is 33.0. The molecule has 0 saturated carbocycles. The van der Waals surface area contributed by atoms with E-state index in [1.54, 1.807) is 26.1 Å². The maximum atomic E-state index is 13.5. The van der Waals surface area contributed by atoms with Crippen molar-refractivity contribution in [2.45, 2.75) is 6.04 Å². The zero-order valence-corrected chi connectivity index (χ0v) is 18.8. The minimum absolute atomic E-state index is 0.00222. The van der Waals surface area contributed by atoms with Crippen LogP contribution in [-0.2, 0) is 4.79 Å². The predicted octanol–water partition coefficient (Wildman–Crippen LogP) is 4.48. The van der Waals surface area contributed by atoms with E-state index >= 15 is 0 Å². The van der Waals surface area contributed by atoms with Crippen molar-refractivity contribution < 1.29 is 14.3 Å². The number of H-pyrrole nitrogens is 1. The number of fused-ring (bicyclic) bond motifs is 2. The number of rotatable bonds is 5. The monoisotopic (exact) mass is 439 g/mol. The highest BCUT2D eigenvalue weighted by atomic mass is 16.5. The number of nitrogens with zero attached hydrogens (tertiary/aromatic N) is 2. The van der Waals surface area contributed by atoms with Gasteiger partial charge in [-0.3, -0.25) is 9.59 Å². The topological polar surface area (TPSA) is 65.6 Å². The first kappa shape index (κ1) is 20.8. The number of amides is 2. The van der Waals surface area contributed by atoms with E-state index in [4.69, 9.17) is 4.74 Å². The molecule has 4 aromatic rings. The van der Waals surface area contributed by atoms with Gasteiger partial charge in [-0.25, -0.2) is 0 Å². The first-order chi connectivity index (χ1) is 16.0. The number of methoxy groups -OCH3 is 1. The van der Waals surface area contributed by atoms with Crippen LogP contribution in [0.4, 0.5) is 0 Å². The Morgan fingerprint density at radius 1 is 1.03 bits per heavy atom. The molecule has 1 aromatic heterocycles. The largest absolute Gasteiger partial charge is 0.497 e. The van der Waals surface area contributed by atoms with Crippen molar-refractivity contribution in [1.82, 2.24) is 14.8 Å². The second-order valence-electron chi connectivity index (χ2n) is 8.40. The van der Waals surface area contributed by atoms with Gasteiger partial charge in [0.25, 0.3) is 5.91 Å². The van der Waals surface area contributed by atoms with E-state index in [2.05, 4.69) is 11.1 Å². The number of carbonyl (C=O) groups excluding carboxylic acids is 2. The van der Waals surface area contributed by atoms with Gasteiger partial charge >= 0.3 is 0 Å². The molecule has 0 fully saturated rings. The molecule has 0 bridgehead atoms. The molecule has 1 aliphatic heterocycles. The summed E-state index contributed by atoms with van der Waals surface area (Å²) in [6, 6.07) is 23.2. The summed E-state index contributed by atoms with van der Waals surface area (Å²) in [5.74, 6) is 0.497. The Morgan fingerprint density at radius 3 is 2.58 bits per heavy atom. The number of hydrogen-bond acceptors (Lipinski definition) is 3. The van der Waals surface area contributed by atoms with Crippen molar-refractivity contribution in [3.8, 4) is 17.0 Å². The lowest BCUT2D eigenvalue weighted by Crippen LogP contribution is -2.39. The molecule has 2 heterocycles. The molecule has 0 aliphatic carbocycles. The molecule has 0 radical (unpaired) electrons. The molecule has 0 spiro atoms. The van der Waals surface area contributed by atoms with E-state index in [1.165, 1.54) is 4.90 Å². The van der Waals surface area contributed by atoms with Gasteiger partial charge < -0.3 is 19.5 Å². The maximum Gasteiger partial charge on any atom is 0.255 e. The lowest BCUT2D eigenvalue weighted by atomic mass is 9.93. The summed E-state index contributed by atoms with van der Waals surface area (Å²) in [7, 11) is 5.06. The highest BCUT2D eigenvalue weighted by Crippen LogP contribution is 2.45. The van der Waals surface area contributed by atoms with Crippen LogP contribution < -0.4 is 4.74 Å². The van der Waals surface area contributed by atoms with Crippen LogP contribution in [0.5, 0.6) is 5.75 Å². The summed E-state index contributed by atoms with van der Waals surface area (Å²) in [5.41, 5.74) is 5.35. The Balaban J connectivity index is 1.77. The van der Waals surface area contributed by atoms with Gasteiger partial charge in [0.1, 0.15) is 12.3 Å². The molecule has 6 nitrogen and oxygen atoms in total. The van der Waals surface area contributed by atoms with Crippen LogP contribution in [0.2, 0.25) is 0 Å². The minimum atomic E-state index is -0.394. The van der Waals surface area contributed by atoms with Crippen LogP contribution in [0, 0.1) is 0 Å². The van der Waals surface area contributed by atoms with Crippen molar-refractivity contribution in [2.75, 3.05) is 27.7 Å². The van der Waals surface area contributed by atoms with Crippen LogP contribution in [0.1, 0.15) is 27.5 Å². The normalized spacial score (nSPS) is 15.1. The number of likely N-dealkylation sites (N-methyl/N-ethyl adjacent to an activating group) is 1. The predicted molar refractivity (Wildman–Crippen MR) is 128 cm³/mol. The molecule has 33 heavy (non-hydrogen) atoms. The molecular formula is C27H25N3O3. The van der Waals surface area contributed by atoms with Crippen molar-refractivity contribution >= 4 is 22.7 Å². The zero-order valence-electron chi connectivity index (χ0n) is 18.8. The standard InChI is InChI=1S/C27H25N3O3/c1-29(2)23(31)16-30-26(19-11-4-5-12-20(19)27(30)32)24-21-13-6-7-14-22(21)28-25(24)17-9-8-10-18(15-17)33-3/h4-15,26,28H,16H2,1-3H3/t26-/m0/s1. The van der Waals surface area contributed by atoms with Crippen molar-refractivity contribution in [1.29, 1.82) is 0 Å². The fourth-order valence-corrected chi connectivity index (χ4v) is 4.59. The molecule has 5 rings (SSSR count). The fraction of sp³-hybridized carbons (Fsp3) is 0.185. The number of carbonyl (C=O) groups is 2. The van der Waals surface area contributed by atoms with Crippen molar-refractivity contribution in [3.05, 3.63) is 89.5 Å². The van der Waals surface area contributed by atoms with E-state index < -0.39 is 6.04 Å². The van der Waals surface area contributed by atoms with Crippen LogP contribution in [0.3, 0.4) is 0 Å². The van der Waals surface area contributed by atoms with E-state index in [0.717, 1.165) is 39.0 Å². The quantitative estimate of drug-likeness (QED) is 0.499. The molecule has 0 saturated heterocycles. The third-order valence-corrected chi connectivity index (χ3v) is 6.24. The van der Waals surface area contributed by atoms with Crippen molar-refractivity contribution in [2.24, 2.45) is 0 Å². The number of nitrogens with one attached hydrogen (secondary N) is 1. The van der Waals surface area contributed by atoms with Gasteiger partial charge in [0.05, 0.1) is 18.8 Å². The lowest BCUT2D eigenvalue weighted by Gasteiger charge is -2.27. The lowest BCUT2D eigenvalue weighted by molar-refractivity contribution is -0.129. The van der Waals surface area contributed by atoms with Gasteiger partial charge in [-0.15, -0.1) is 0 Å². The molecule has 166 valence electrons. The van der Waals surface area contributed by atoms with Crippen LogP contribution >= 0.6 is 0 Å². The number of para-hydroxylation sites is 1. The first-order valence-corrected chi connectivity index (χ1v) is 10.8. The number of aromatic nitrogens is 1. The molecular weight excluding hydrogens is 414 g/mol. The average Bonchev–Trinajstić information content (AvgIpc) is 3.34. The van der Waals surface area contributed by atoms with Crippen LogP contribution in [0.15, 0.2) is 72.8 Å². The Morgan fingerprint density at radius 2 is 1.79 bits per heavy atom. The first-order valence-electron chi connectivity index (χ1n) is 10.8. The molecule has 3 aromatic carbocycles. The summed E-state index contributed by atoms with van der Waals surface area (Å²) in [6.45, 7) is 0.00222. The molecule has 2 amide bonds. The number of ether oxygens (including phenoxy) is 1. The molecule has 6 heteroatoms. The molecule has 1 aliphatic rings. The van der Waals surface area contributed by atoms with Crippen LogP contribution in [-0.4, -0.2) is 54.3 Å². The van der Waals surface area contributed by atoms with Crippen molar-refractivity contribution in [3.63, 3.8) is 0 Å². The van der Waals surface area contributed by atoms with Gasteiger partial charge in [0.15, 0.2) is 0 Å². The van der Waals surface area contributed by atoms with E-state index in [1.807, 2.05) is 66.7 Å². The molecule has 1 N–H and O–H groups in total. The number of aromatic amines is 1. The summed E-state index contributed by atoms with van der Waals surface area (Å²) >= 11 is 0. The fourth-order valence-electron chi connectivity index (χ4n) is 4.59. The second-order valence-corrected chi connectivity index (χ2v) is 8.40. The summed E-state index contributed by atoms with van der Waals surface area (Å²) < 4.78 is 5.46. The Kier molecular flexibility index (Phi) is 5.13. The van der Waals surface area contributed by atoms with Gasteiger partial charge in [0, 0.05) is 41.7 Å².